The molecule has 0 radical (unpaired) electrons. The minimum Gasteiger partial charge on any atom is -0.281 e. The molecule has 1 aromatic heterocycles. The molecule has 1 atom stereocenters. The number of aromatic nitrogens is 2. The van der Waals surface area contributed by atoms with Gasteiger partial charge in [0.25, 0.3) is 10.0 Å². The monoisotopic (exact) mass is 451 g/mol. The average Bonchev–Trinajstić information content (AvgIpc) is 3.20. The minimum atomic E-state index is -3.71. The molecule has 0 fully saturated rings. The van der Waals surface area contributed by atoms with Crippen molar-refractivity contribution >= 4 is 26.6 Å². The number of rotatable bonds is 8. The van der Waals surface area contributed by atoms with Gasteiger partial charge >= 0.3 is 0 Å². The number of aryl methyl sites for hydroxylation is 1. The summed E-state index contributed by atoms with van der Waals surface area (Å²) in [7, 11) is -3.71. The number of nitrogens with zero attached hydrogens (tertiary/aromatic N) is 2. The van der Waals surface area contributed by atoms with Gasteiger partial charge in [-0.05, 0) is 79.8 Å². The maximum atomic E-state index is 13.7. The number of benzene rings is 2. The molecule has 170 valence electrons. The Morgan fingerprint density at radius 1 is 1.16 bits per heavy atom. The quantitative estimate of drug-likeness (QED) is 0.435. The molecule has 1 unspecified atom stereocenters. The number of nitrogens with one attached hydrogen (secondary N) is 1. The highest BCUT2D eigenvalue weighted by Crippen LogP contribution is 2.29. The molecule has 1 aliphatic carbocycles. The van der Waals surface area contributed by atoms with E-state index in [2.05, 4.69) is 29.3 Å². The third kappa shape index (κ3) is 4.75. The lowest BCUT2D eigenvalue weighted by Crippen LogP contribution is -2.34. The van der Waals surface area contributed by atoms with E-state index < -0.39 is 10.0 Å². The van der Waals surface area contributed by atoms with E-state index >= 15 is 0 Å². The van der Waals surface area contributed by atoms with Crippen molar-refractivity contribution in [2.45, 2.75) is 57.8 Å². The molecule has 0 aliphatic heterocycles. The zero-order valence-corrected chi connectivity index (χ0v) is 20.0. The molecule has 0 bridgehead atoms. The number of anilines is 1. The second-order valence-electron chi connectivity index (χ2n) is 9.15. The zero-order chi connectivity index (χ0) is 22.7. The number of hydrogen-bond acceptors (Lipinski definition) is 3. The number of hydrogen-bond donors (Lipinski definition) is 1. The first-order valence-corrected chi connectivity index (χ1v) is 13.1. The fraction of sp³-hybridized carbons (Fsp3) is 0.423. The molecular formula is C26H33N3O2S. The van der Waals surface area contributed by atoms with Gasteiger partial charge in [0.2, 0.25) is 0 Å². The first-order chi connectivity index (χ1) is 15.4. The van der Waals surface area contributed by atoms with Crippen molar-refractivity contribution in [3.8, 4) is 0 Å². The van der Waals surface area contributed by atoms with Gasteiger partial charge in [0.1, 0.15) is 0 Å². The van der Waals surface area contributed by atoms with Gasteiger partial charge in [-0.1, -0.05) is 45.1 Å². The zero-order valence-electron chi connectivity index (χ0n) is 19.2. The highest BCUT2D eigenvalue weighted by molar-refractivity contribution is 7.92. The van der Waals surface area contributed by atoms with E-state index in [-0.39, 0.29) is 10.8 Å². The third-order valence-electron chi connectivity index (χ3n) is 6.18. The largest absolute Gasteiger partial charge is 0.281 e. The Labute approximate surface area is 191 Å². The molecule has 1 heterocycles. The van der Waals surface area contributed by atoms with Gasteiger partial charge in [-0.15, -0.1) is 0 Å². The number of fused-ring (bicyclic) bond motifs is 1. The number of aromatic amines is 1. The first kappa shape index (κ1) is 22.6. The molecule has 0 amide bonds. The summed E-state index contributed by atoms with van der Waals surface area (Å²) in [5.41, 5.74) is 3.66. The standard InChI is InChI=1S/C26H33N3O2S/c1-4-20-10-12-22(13-11-20)29(18-19(2)3)32(30,31)23-14-15-24-25(27-28-26(24)17-23)16-21-8-6-5-7-9-21/h6,8,10-15,17,19,21H,4-5,7,9,16,18H2,1-3H3,(H,27,28). The normalized spacial score (nSPS) is 16.7. The second-order valence-corrected chi connectivity index (χ2v) is 11.0. The van der Waals surface area contributed by atoms with E-state index in [4.69, 9.17) is 0 Å². The third-order valence-corrected chi connectivity index (χ3v) is 7.97. The highest BCUT2D eigenvalue weighted by Gasteiger charge is 2.26. The van der Waals surface area contributed by atoms with Crippen molar-refractivity contribution in [2.75, 3.05) is 10.8 Å². The topological polar surface area (TPSA) is 66.1 Å². The fourth-order valence-electron chi connectivity index (χ4n) is 4.38. The lowest BCUT2D eigenvalue weighted by atomic mass is 9.91. The summed E-state index contributed by atoms with van der Waals surface area (Å²) in [5, 5.41) is 8.60. The fourth-order valence-corrected chi connectivity index (χ4v) is 6.03. The molecule has 3 aromatic rings. The lowest BCUT2D eigenvalue weighted by molar-refractivity contribution is 0.534. The maximum absolute atomic E-state index is 13.7. The summed E-state index contributed by atoms with van der Waals surface area (Å²) in [6.45, 7) is 6.58. The molecule has 1 aliphatic rings. The van der Waals surface area contributed by atoms with Crippen LogP contribution in [0.4, 0.5) is 5.69 Å². The molecule has 6 heteroatoms. The Balaban J connectivity index is 1.66. The van der Waals surface area contributed by atoms with E-state index in [1.807, 2.05) is 44.2 Å². The van der Waals surface area contributed by atoms with Crippen LogP contribution in [-0.2, 0) is 22.9 Å². The summed E-state index contributed by atoms with van der Waals surface area (Å²) in [4.78, 5) is 0.279. The molecule has 4 rings (SSSR count). The van der Waals surface area contributed by atoms with Crippen molar-refractivity contribution in [1.29, 1.82) is 0 Å². The van der Waals surface area contributed by atoms with E-state index in [0.29, 0.717) is 23.7 Å². The van der Waals surface area contributed by atoms with Crippen LogP contribution in [-0.4, -0.2) is 25.2 Å². The minimum absolute atomic E-state index is 0.194. The Morgan fingerprint density at radius 3 is 2.59 bits per heavy atom. The van der Waals surface area contributed by atoms with Crippen LogP contribution in [0.1, 0.15) is 51.3 Å². The van der Waals surface area contributed by atoms with E-state index in [1.165, 1.54) is 22.7 Å². The number of allylic oxidation sites excluding steroid dienone is 2. The first-order valence-electron chi connectivity index (χ1n) is 11.6. The van der Waals surface area contributed by atoms with E-state index in [9.17, 15) is 8.42 Å². The summed E-state index contributed by atoms with van der Waals surface area (Å²) < 4.78 is 28.9. The molecule has 1 N–H and O–H groups in total. The highest BCUT2D eigenvalue weighted by atomic mass is 32.2. The van der Waals surface area contributed by atoms with Crippen molar-refractivity contribution in [3.63, 3.8) is 0 Å². The van der Waals surface area contributed by atoms with Crippen LogP contribution in [0.15, 0.2) is 59.5 Å². The van der Waals surface area contributed by atoms with Crippen LogP contribution in [0.25, 0.3) is 10.9 Å². The second kappa shape index (κ2) is 9.49. The lowest BCUT2D eigenvalue weighted by Gasteiger charge is -2.26. The summed E-state index contributed by atoms with van der Waals surface area (Å²) in [5.74, 6) is 0.711. The van der Waals surface area contributed by atoms with Crippen molar-refractivity contribution in [1.82, 2.24) is 10.2 Å². The van der Waals surface area contributed by atoms with Gasteiger partial charge in [-0.3, -0.25) is 9.40 Å². The Hall–Kier alpha value is -2.60. The van der Waals surface area contributed by atoms with Gasteiger partial charge in [0.05, 0.1) is 16.1 Å². The maximum Gasteiger partial charge on any atom is 0.264 e. The Bertz CT molecular complexity index is 1190. The van der Waals surface area contributed by atoms with E-state index in [1.54, 1.807) is 12.1 Å². The molecule has 0 spiro atoms. The van der Waals surface area contributed by atoms with E-state index in [0.717, 1.165) is 30.3 Å². The summed E-state index contributed by atoms with van der Waals surface area (Å²) in [6, 6.07) is 13.1. The summed E-state index contributed by atoms with van der Waals surface area (Å²) >= 11 is 0. The Morgan fingerprint density at radius 2 is 1.94 bits per heavy atom. The predicted molar refractivity (Wildman–Crippen MR) is 131 cm³/mol. The van der Waals surface area contributed by atoms with Crippen LogP contribution in [0.5, 0.6) is 0 Å². The van der Waals surface area contributed by atoms with Crippen LogP contribution in [0.3, 0.4) is 0 Å². The van der Waals surface area contributed by atoms with Crippen LogP contribution < -0.4 is 4.31 Å². The predicted octanol–water partition coefficient (Wildman–Crippen LogP) is 5.88. The van der Waals surface area contributed by atoms with Crippen LogP contribution >= 0.6 is 0 Å². The van der Waals surface area contributed by atoms with Gasteiger partial charge in [-0.25, -0.2) is 8.42 Å². The molecule has 32 heavy (non-hydrogen) atoms. The van der Waals surface area contributed by atoms with Crippen LogP contribution in [0.2, 0.25) is 0 Å². The van der Waals surface area contributed by atoms with Crippen molar-refractivity contribution in [3.05, 3.63) is 65.9 Å². The molecular weight excluding hydrogens is 418 g/mol. The summed E-state index contributed by atoms with van der Waals surface area (Å²) in [6.07, 6.45) is 9.95. The molecule has 0 saturated carbocycles. The molecule has 2 aromatic carbocycles. The Kier molecular flexibility index (Phi) is 6.70. The average molecular weight is 452 g/mol. The van der Waals surface area contributed by atoms with Gasteiger partial charge in [0.15, 0.2) is 0 Å². The van der Waals surface area contributed by atoms with Gasteiger partial charge < -0.3 is 0 Å². The number of sulfonamides is 1. The molecule has 5 nitrogen and oxygen atoms in total. The van der Waals surface area contributed by atoms with Crippen molar-refractivity contribution in [2.24, 2.45) is 11.8 Å². The van der Waals surface area contributed by atoms with Gasteiger partial charge in [-0.2, -0.15) is 5.10 Å². The smallest absolute Gasteiger partial charge is 0.264 e. The van der Waals surface area contributed by atoms with Crippen LogP contribution in [0, 0.1) is 11.8 Å². The van der Waals surface area contributed by atoms with Gasteiger partial charge in [0, 0.05) is 17.6 Å². The SMILES string of the molecule is CCc1ccc(N(CC(C)C)S(=O)(=O)c2ccc3c(CC4C=CCCC4)[nH]nc3c2)cc1. The van der Waals surface area contributed by atoms with Crippen molar-refractivity contribution < 1.29 is 8.42 Å². The molecule has 0 saturated heterocycles. The number of H-pyrrole nitrogens is 1.